The summed E-state index contributed by atoms with van der Waals surface area (Å²) in [6, 6.07) is 8.11. The molecule has 16 heavy (non-hydrogen) atoms. The van der Waals surface area contributed by atoms with Crippen LogP contribution in [-0.2, 0) is 0 Å². The fourth-order valence-corrected chi connectivity index (χ4v) is 2.39. The summed E-state index contributed by atoms with van der Waals surface area (Å²) in [5.74, 6) is 0.924. The lowest BCUT2D eigenvalue weighted by molar-refractivity contribution is 0.971. The quantitative estimate of drug-likeness (QED) is 0.882. The molecule has 1 aromatic heterocycles. The maximum absolute atomic E-state index is 4.59. The Bertz CT molecular complexity index is 512. The molecule has 0 spiro atoms. The number of halogens is 2. The molecular weight excluding hydrogens is 332 g/mol. The molecule has 0 aliphatic carbocycles. The van der Waals surface area contributed by atoms with Crippen LogP contribution < -0.4 is 5.32 Å². The Morgan fingerprint density at radius 3 is 2.62 bits per heavy atom. The Balaban J connectivity index is 2.48. The zero-order valence-corrected chi connectivity index (χ0v) is 12.1. The molecule has 2 aromatic rings. The van der Waals surface area contributed by atoms with Crippen molar-refractivity contribution in [3.63, 3.8) is 0 Å². The predicted octanol–water partition coefficient (Wildman–Crippen LogP) is 4.58. The second-order valence-corrected chi connectivity index (χ2v) is 5.26. The van der Waals surface area contributed by atoms with Gasteiger partial charge in [-0.25, -0.2) is 4.98 Å². The smallest absolute Gasteiger partial charge is 0.126 e. The first-order valence-electron chi connectivity index (χ1n) is 5.21. The van der Waals surface area contributed by atoms with E-state index >= 15 is 0 Å². The summed E-state index contributed by atoms with van der Waals surface area (Å²) in [5, 5.41) is 4.41. The topological polar surface area (TPSA) is 24.9 Å². The summed E-state index contributed by atoms with van der Waals surface area (Å²) in [7, 11) is 0. The van der Waals surface area contributed by atoms with Gasteiger partial charge in [-0.1, -0.05) is 22.9 Å². The number of pyridine rings is 1. The van der Waals surface area contributed by atoms with Gasteiger partial charge in [-0.05, 0) is 46.6 Å². The Kier molecular flexibility index (Phi) is 3.82. The van der Waals surface area contributed by atoms with Gasteiger partial charge < -0.3 is 5.32 Å². The summed E-state index contributed by atoms with van der Waals surface area (Å²) in [6.45, 7) is 3.09. The molecule has 0 fully saturated rings. The van der Waals surface area contributed by atoms with Crippen molar-refractivity contribution in [2.75, 3.05) is 11.9 Å². The highest BCUT2D eigenvalue weighted by atomic mass is 79.9. The first-order valence-corrected chi connectivity index (χ1v) is 6.79. The Morgan fingerprint density at radius 1 is 1.12 bits per heavy atom. The average molecular weight is 344 g/mol. The van der Waals surface area contributed by atoms with Crippen LogP contribution in [0.2, 0.25) is 0 Å². The monoisotopic (exact) mass is 342 g/mol. The van der Waals surface area contributed by atoms with E-state index in [9.17, 15) is 0 Å². The van der Waals surface area contributed by atoms with Crippen LogP contribution in [0, 0.1) is 0 Å². The second kappa shape index (κ2) is 5.15. The van der Waals surface area contributed by atoms with E-state index in [0.717, 1.165) is 38.6 Å². The van der Waals surface area contributed by atoms with E-state index in [2.05, 4.69) is 55.2 Å². The Morgan fingerprint density at radius 2 is 1.88 bits per heavy atom. The minimum atomic E-state index is 0.924. The van der Waals surface area contributed by atoms with E-state index < -0.39 is 0 Å². The van der Waals surface area contributed by atoms with Crippen LogP contribution in [0.25, 0.3) is 10.9 Å². The molecule has 0 saturated heterocycles. The van der Waals surface area contributed by atoms with Gasteiger partial charge in [-0.15, -0.1) is 0 Å². The van der Waals surface area contributed by atoms with E-state index in [1.807, 2.05) is 18.2 Å². The summed E-state index contributed by atoms with van der Waals surface area (Å²) in [4.78, 5) is 4.59. The largest absolute Gasteiger partial charge is 0.370 e. The third-order valence-electron chi connectivity index (χ3n) is 2.31. The molecule has 0 unspecified atom stereocenters. The maximum atomic E-state index is 4.59. The van der Waals surface area contributed by atoms with E-state index in [1.54, 1.807) is 0 Å². The zero-order chi connectivity index (χ0) is 11.5. The van der Waals surface area contributed by atoms with E-state index in [0.29, 0.717) is 0 Å². The Labute approximate surface area is 112 Å². The van der Waals surface area contributed by atoms with Gasteiger partial charge in [0.05, 0.1) is 5.52 Å². The summed E-state index contributed by atoms with van der Waals surface area (Å²) < 4.78 is 2.09. The van der Waals surface area contributed by atoms with Crippen LogP contribution in [0.1, 0.15) is 13.3 Å². The number of anilines is 1. The number of aromatic nitrogens is 1. The maximum Gasteiger partial charge on any atom is 0.126 e. The number of hydrogen-bond acceptors (Lipinski definition) is 2. The molecule has 1 aromatic carbocycles. The highest BCUT2D eigenvalue weighted by molar-refractivity contribution is 9.11. The number of nitrogens with one attached hydrogen (secondary N) is 1. The number of hydrogen-bond donors (Lipinski definition) is 1. The molecule has 0 atom stereocenters. The average Bonchev–Trinajstić information content (AvgIpc) is 2.31. The van der Waals surface area contributed by atoms with Crippen molar-refractivity contribution >= 4 is 48.6 Å². The third-order valence-corrected chi connectivity index (χ3v) is 3.64. The standard InChI is InChI=1S/C12H12Br2N2/c1-2-7-15-11-6-3-8-9(13)4-5-10(14)12(8)16-11/h3-6H,2,7H2,1H3,(H,15,16). The number of benzene rings is 1. The molecule has 0 bridgehead atoms. The van der Waals surface area contributed by atoms with Crippen LogP contribution in [0.4, 0.5) is 5.82 Å². The molecular formula is C12H12Br2N2. The van der Waals surface area contributed by atoms with Crippen molar-refractivity contribution in [2.45, 2.75) is 13.3 Å². The summed E-state index contributed by atoms with van der Waals surface area (Å²) >= 11 is 7.05. The lowest BCUT2D eigenvalue weighted by Gasteiger charge is -2.07. The van der Waals surface area contributed by atoms with Crippen LogP contribution in [0.3, 0.4) is 0 Å². The van der Waals surface area contributed by atoms with Gasteiger partial charge in [0.2, 0.25) is 0 Å². The highest BCUT2D eigenvalue weighted by Gasteiger charge is 2.04. The summed E-state index contributed by atoms with van der Waals surface area (Å²) in [5.41, 5.74) is 0.982. The second-order valence-electron chi connectivity index (χ2n) is 3.55. The number of nitrogens with zero attached hydrogens (tertiary/aromatic N) is 1. The third kappa shape index (κ3) is 2.38. The molecule has 0 amide bonds. The fourth-order valence-electron chi connectivity index (χ4n) is 1.50. The van der Waals surface area contributed by atoms with E-state index in [1.165, 1.54) is 0 Å². The van der Waals surface area contributed by atoms with Gasteiger partial charge in [0.1, 0.15) is 5.82 Å². The van der Waals surface area contributed by atoms with E-state index in [-0.39, 0.29) is 0 Å². The normalized spacial score (nSPS) is 10.7. The van der Waals surface area contributed by atoms with Crippen LogP contribution in [-0.4, -0.2) is 11.5 Å². The SMILES string of the molecule is CCCNc1ccc2c(Br)ccc(Br)c2n1. The van der Waals surface area contributed by atoms with Gasteiger partial charge in [0.25, 0.3) is 0 Å². The lowest BCUT2D eigenvalue weighted by Crippen LogP contribution is -2.01. The van der Waals surface area contributed by atoms with Crippen molar-refractivity contribution in [1.29, 1.82) is 0 Å². The molecule has 4 heteroatoms. The van der Waals surface area contributed by atoms with Gasteiger partial charge in [-0.3, -0.25) is 0 Å². The van der Waals surface area contributed by atoms with Crippen molar-refractivity contribution in [2.24, 2.45) is 0 Å². The van der Waals surface area contributed by atoms with Crippen LogP contribution in [0.15, 0.2) is 33.2 Å². The van der Waals surface area contributed by atoms with Gasteiger partial charge in [0, 0.05) is 20.9 Å². The van der Waals surface area contributed by atoms with Gasteiger partial charge in [0.15, 0.2) is 0 Å². The highest BCUT2D eigenvalue weighted by Crippen LogP contribution is 2.29. The molecule has 0 radical (unpaired) electrons. The number of rotatable bonds is 3. The van der Waals surface area contributed by atoms with E-state index in [4.69, 9.17) is 0 Å². The van der Waals surface area contributed by atoms with Crippen molar-refractivity contribution in [3.8, 4) is 0 Å². The molecule has 1 N–H and O–H groups in total. The molecule has 0 saturated carbocycles. The molecule has 1 heterocycles. The Hall–Kier alpha value is -0.610. The molecule has 84 valence electrons. The van der Waals surface area contributed by atoms with Crippen molar-refractivity contribution in [3.05, 3.63) is 33.2 Å². The van der Waals surface area contributed by atoms with Gasteiger partial charge >= 0.3 is 0 Å². The first-order chi connectivity index (χ1) is 7.72. The minimum absolute atomic E-state index is 0.924. The van der Waals surface area contributed by atoms with Crippen molar-refractivity contribution < 1.29 is 0 Å². The number of fused-ring (bicyclic) bond motifs is 1. The fraction of sp³-hybridized carbons (Fsp3) is 0.250. The molecule has 2 rings (SSSR count). The van der Waals surface area contributed by atoms with Crippen LogP contribution in [0.5, 0.6) is 0 Å². The molecule has 0 aliphatic rings. The summed E-state index contributed by atoms with van der Waals surface area (Å²) in [6.07, 6.45) is 1.10. The zero-order valence-electron chi connectivity index (χ0n) is 8.93. The predicted molar refractivity (Wildman–Crippen MR) is 75.9 cm³/mol. The van der Waals surface area contributed by atoms with Gasteiger partial charge in [-0.2, -0.15) is 0 Å². The minimum Gasteiger partial charge on any atom is -0.370 e. The van der Waals surface area contributed by atoms with Crippen LogP contribution >= 0.6 is 31.9 Å². The molecule has 2 nitrogen and oxygen atoms in total. The van der Waals surface area contributed by atoms with Crippen molar-refractivity contribution in [1.82, 2.24) is 4.98 Å². The molecule has 0 aliphatic heterocycles. The first kappa shape index (κ1) is 11.9. The lowest BCUT2D eigenvalue weighted by atomic mass is 10.2.